The number of amides is 1. The number of carbonyl (C=O) groups is 1. The maximum absolute atomic E-state index is 12.5. The highest BCUT2D eigenvalue weighted by Crippen LogP contribution is 2.22. The average Bonchev–Trinajstić information content (AvgIpc) is 2.78. The summed E-state index contributed by atoms with van der Waals surface area (Å²) >= 11 is 0. The van der Waals surface area contributed by atoms with Crippen molar-refractivity contribution in [1.82, 2.24) is 9.62 Å². The molecule has 0 saturated carbocycles. The van der Waals surface area contributed by atoms with Crippen molar-refractivity contribution in [3.63, 3.8) is 0 Å². The number of carbonyl (C=O) groups excluding carboxylic acids is 1. The molecule has 0 spiro atoms. The van der Waals surface area contributed by atoms with Crippen molar-refractivity contribution in [3.05, 3.63) is 54.1 Å². The van der Waals surface area contributed by atoms with Crippen molar-refractivity contribution in [2.75, 3.05) is 44.4 Å². The predicted octanol–water partition coefficient (Wildman–Crippen LogP) is 2.24. The van der Waals surface area contributed by atoms with Gasteiger partial charge in [-0.2, -0.15) is 0 Å². The van der Waals surface area contributed by atoms with Crippen molar-refractivity contribution >= 4 is 31.6 Å². The second-order valence-corrected chi connectivity index (χ2v) is 12.0. The summed E-state index contributed by atoms with van der Waals surface area (Å²) in [5, 5.41) is 2.75. The van der Waals surface area contributed by atoms with Crippen LogP contribution < -0.4 is 14.4 Å². The number of hydrogen-bond acceptors (Lipinski definition) is 6. The minimum absolute atomic E-state index is 0.0300. The largest absolute Gasteiger partial charge is 0.493 e. The van der Waals surface area contributed by atoms with Gasteiger partial charge < -0.3 is 10.1 Å². The molecule has 1 amide bonds. The monoisotopic (exact) mass is 511 g/mol. The molecule has 2 rings (SSSR count). The van der Waals surface area contributed by atoms with Crippen LogP contribution in [0.1, 0.15) is 25.3 Å². The van der Waals surface area contributed by atoms with E-state index >= 15 is 0 Å². The Bertz CT molecular complexity index is 1160. The molecule has 0 fully saturated rings. The number of aryl methyl sites for hydroxylation is 1. The molecule has 0 heterocycles. The number of hydrogen-bond donors (Lipinski definition) is 1. The van der Waals surface area contributed by atoms with Crippen molar-refractivity contribution in [2.45, 2.75) is 31.1 Å². The molecule has 11 heteroatoms. The van der Waals surface area contributed by atoms with Gasteiger partial charge in [0, 0.05) is 20.6 Å². The van der Waals surface area contributed by atoms with E-state index in [1.54, 1.807) is 0 Å². The zero-order valence-electron chi connectivity index (χ0n) is 20.0. The number of nitrogens with one attached hydrogen (secondary N) is 1. The van der Waals surface area contributed by atoms with Crippen LogP contribution >= 0.6 is 0 Å². The van der Waals surface area contributed by atoms with Gasteiger partial charge in [-0.1, -0.05) is 25.1 Å². The topological polar surface area (TPSA) is 113 Å². The minimum Gasteiger partial charge on any atom is -0.493 e. The lowest BCUT2D eigenvalue weighted by molar-refractivity contribution is -0.119. The number of sulfonamides is 2. The molecule has 0 atom stereocenters. The maximum atomic E-state index is 12.5. The summed E-state index contributed by atoms with van der Waals surface area (Å²) < 4.78 is 56.8. The van der Waals surface area contributed by atoms with Gasteiger partial charge >= 0.3 is 0 Å². The van der Waals surface area contributed by atoms with E-state index in [2.05, 4.69) is 5.32 Å². The zero-order valence-corrected chi connectivity index (χ0v) is 21.7. The van der Waals surface area contributed by atoms with Crippen LogP contribution in [0.2, 0.25) is 0 Å². The Morgan fingerprint density at radius 1 is 1.00 bits per heavy atom. The van der Waals surface area contributed by atoms with Crippen LogP contribution in [0, 0.1) is 0 Å². The van der Waals surface area contributed by atoms with Crippen LogP contribution in [0.4, 0.5) is 5.69 Å². The van der Waals surface area contributed by atoms with E-state index < -0.39 is 32.5 Å². The van der Waals surface area contributed by atoms with Crippen molar-refractivity contribution < 1.29 is 26.4 Å². The quantitative estimate of drug-likeness (QED) is 0.413. The number of para-hydroxylation sites is 1. The summed E-state index contributed by atoms with van der Waals surface area (Å²) in [6.45, 7) is 2.64. The molecule has 0 unspecified atom stereocenters. The summed E-state index contributed by atoms with van der Waals surface area (Å²) in [6.07, 6.45) is 3.28. The van der Waals surface area contributed by atoms with Crippen molar-refractivity contribution in [3.8, 4) is 5.75 Å². The van der Waals surface area contributed by atoms with E-state index in [1.807, 2.05) is 31.2 Å². The Balaban J connectivity index is 1.98. The Morgan fingerprint density at radius 2 is 1.65 bits per heavy atom. The lowest BCUT2D eigenvalue weighted by Crippen LogP contribution is -2.40. The SMILES string of the molecule is CCCOc1ccccc1CCCNC(=O)CN(c1ccc(S(=O)(=O)N(C)C)cc1)S(C)(=O)=O. The number of anilines is 1. The summed E-state index contributed by atoms with van der Waals surface area (Å²) in [5.41, 5.74) is 1.26. The molecule has 0 aliphatic heterocycles. The molecule has 9 nitrogen and oxygen atoms in total. The molecular formula is C23H33N3O6S2. The first-order valence-corrected chi connectivity index (χ1v) is 14.2. The predicted molar refractivity (Wildman–Crippen MR) is 133 cm³/mol. The van der Waals surface area contributed by atoms with Crippen LogP contribution in [0.3, 0.4) is 0 Å². The fraction of sp³-hybridized carbons (Fsp3) is 0.435. The molecule has 0 aliphatic carbocycles. The second kappa shape index (κ2) is 12.2. The van der Waals surface area contributed by atoms with E-state index in [-0.39, 0.29) is 10.6 Å². The Morgan fingerprint density at radius 3 is 2.24 bits per heavy atom. The summed E-state index contributed by atoms with van der Waals surface area (Å²) in [6, 6.07) is 13.1. The third-order valence-electron chi connectivity index (χ3n) is 4.97. The lowest BCUT2D eigenvalue weighted by Gasteiger charge is -2.22. The van der Waals surface area contributed by atoms with Gasteiger partial charge in [-0.3, -0.25) is 9.10 Å². The third kappa shape index (κ3) is 7.71. The van der Waals surface area contributed by atoms with Crippen LogP contribution in [0.15, 0.2) is 53.4 Å². The minimum atomic E-state index is -3.77. The van der Waals surface area contributed by atoms with Gasteiger partial charge in [0.2, 0.25) is 26.0 Å². The molecule has 2 aromatic carbocycles. The highest BCUT2D eigenvalue weighted by Gasteiger charge is 2.22. The van der Waals surface area contributed by atoms with Crippen LogP contribution in [-0.4, -0.2) is 67.1 Å². The standard InChI is InChI=1S/C23H33N3O6S2/c1-5-17-32-22-11-7-6-9-19(22)10-8-16-24-23(27)18-26(33(4,28)29)20-12-14-21(15-13-20)34(30,31)25(2)3/h6-7,9,11-15H,5,8,10,16-18H2,1-4H3,(H,24,27). The number of nitrogens with zero attached hydrogens (tertiary/aromatic N) is 2. The van der Waals surface area contributed by atoms with Gasteiger partial charge in [0.05, 0.1) is 23.4 Å². The smallest absolute Gasteiger partial charge is 0.242 e. The molecule has 0 bridgehead atoms. The van der Waals surface area contributed by atoms with Gasteiger partial charge in [0.25, 0.3) is 0 Å². The summed E-state index contributed by atoms with van der Waals surface area (Å²) in [4.78, 5) is 12.5. The molecule has 188 valence electrons. The highest BCUT2D eigenvalue weighted by molar-refractivity contribution is 7.92. The van der Waals surface area contributed by atoms with E-state index in [1.165, 1.54) is 38.4 Å². The van der Waals surface area contributed by atoms with Gasteiger partial charge in [-0.25, -0.2) is 21.1 Å². The first-order valence-electron chi connectivity index (χ1n) is 10.9. The first kappa shape index (κ1) is 27.6. The molecule has 0 saturated heterocycles. The molecule has 2 aromatic rings. The molecule has 1 N–H and O–H groups in total. The molecule has 0 aromatic heterocycles. The Labute approximate surface area is 202 Å². The highest BCUT2D eigenvalue weighted by atomic mass is 32.2. The second-order valence-electron chi connectivity index (χ2n) is 7.96. The number of ether oxygens (including phenoxy) is 1. The molecule has 0 aliphatic rings. The molecule has 0 radical (unpaired) electrons. The molecular weight excluding hydrogens is 478 g/mol. The van der Waals surface area contributed by atoms with Crippen LogP contribution in [0.25, 0.3) is 0 Å². The van der Waals surface area contributed by atoms with Crippen LogP contribution in [-0.2, 0) is 31.3 Å². The van der Waals surface area contributed by atoms with E-state index in [0.717, 1.165) is 32.6 Å². The third-order valence-corrected chi connectivity index (χ3v) is 7.94. The van der Waals surface area contributed by atoms with E-state index in [0.29, 0.717) is 26.0 Å². The van der Waals surface area contributed by atoms with E-state index in [9.17, 15) is 21.6 Å². The number of benzene rings is 2. The average molecular weight is 512 g/mol. The molecule has 34 heavy (non-hydrogen) atoms. The summed E-state index contributed by atoms with van der Waals surface area (Å²) in [5.74, 6) is 0.379. The Hall–Kier alpha value is -2.63. The first-order chi connectivity index (χ1) is 16.0. The lowest BCUT2D eigenvalue weighted by atomic mass is 10.1. The fourth-order valence-corrected chi connectivity index (χ4v) is 4.91. The van der Waals surface area contributed by atoms with Crippen molar-refractivity contribution in [1.29, 1.82) is 0 Å². The van der Waals surface area contributed by atoms with Gasteiger partial charge in [0.1, 0.15) is 12.3 Å². The number of rotatable bonds is 13. The fourth-order valence-electron chi connectivity index (χ4n) is 3.15. The zero-order chi connectivity index (χ0) is 25.4. The Kier molecular flexibility index (Phi) is 9.90. The van der Waals surface area contributed by atoms with Gasteiger partial charge in [0.15, 0.2) is 0 Å². The van der Waals surface area contributed by atoms with Gasteiger partial charge in [-0.05, 0) is 55.2 Å². The van der Waals surface area contributed by atoms with Crippen LogP contribution in [0.5, 0.6) is 5.75 Å². The van der Waals surface area contributed by atoms with Crippen molar-refractivity contribution in [2.24, 2.45) is 0 Å². The van der Waals surface area contributed by atoms with E-state index in [4.69, 9.17) is 4.74 Å². The maximum Gasteiger partial charge on any atom is 0.242 e. The normalized spacial score (nSPS) is 11.9. The summed E-state index contributed by atoms with van der Waals surface area (Å²) in [7, 11) is -4.60. The van der Waals surface area contributed by atoms with Gasteiger partial charge in [-0.15, -0.1) is 0 Å².